The number of rotatable bonds is 6. The quantitative estimate of drug-likeness (QED) is 0.699. The normalized spacial score (nSPS) is 10.2. The number of hydrogen-bond donors (Lipinski definition) is 2. The van der Waals surface area contributed by atoms with Crippen molar-refractivity contribution in [2.45, 2.75) is 13.5 Å². The average Bonchev–Trinajstić information content (AvgIpc) is 2.67. The molecule has 3 aromatic rings. The second-order valence-electron chi connectivity index (χ2n) is 5.93. The summed E-state index contributed by atoms with van der Waals surface area (Å²) in [7, 11) is 1.59. The minimum absolute atomic E-state index is 0.147. The molecule has 0 bridgehead atoms. The summed E-state index contributed by atoms with van der Waals surface area (Å²) < 4.78 is 5.06. The lowest BCUT2D eigenvalue weighted by Crippen LogP contribution is -2.14. The van der Waals surface area contributed by atoms with E-state index in [0.29, 0.717) is 18.0 Å². The SMILES string of the molecule is COc1ccc(CNc2ccccc2C(=O)Nc2cccc(C)c2)cn1. The molecule has 0 aliphatic rings. The number of benzene rings is 2. The molecule has 0 atom stereocenters. The highest BCUT2D eigenvalue weighted by molar-refractivity contribution is 6.08. The van der Waals surface area contributed by atoms with Crippen molar-refractivity contribution in [1.82, 2.24) is 4.98 Å². The summed E-state index contributed by atoms with van der Waals surface area (Å²) in [6.45, 7) is 2.56. The molecule has 0 aliphatic carbocycles. The van der Waals surface area contributed by atoms with Crippen LogP contribution in [0, 0.1) is 6.92 Å². The Hall–Kier alpha value is -3.34. The van der Waals surface area contributed by atoms with Crippen LogP contribution in [0.15, 0.2) is 66.9 Å². The molecule has 3 rings (SSSR count). The van der Waals surface area contributed by atoms with Crippen molar-refractivity contribution in [2.24, 2.45) is 0 Å². The van der Waals surface area contributed by atoms with Gasteiger partial charge in [-0.15, -0.1) is 0 Å². The van der Waals surface area contributed by atoms with Crippen molar-refractivity contribution < 1.29 is 9.53 Å². The van der Waals surface area contributed by atoms with Crippen molar-refractivity contribution in [3.63, 3.8) is 0 Å². The average molecular weight is 347 g/mol. The van der Waals surface area contributed by atoms with E-state index in [0.717, 1.165) is 22.5 Å². The number of para-hydroxylation sites is 1. The first-order chi connectivity index (χ1) is 12.7. The summed E-state index contributed by atoms with van der Waals surface area (Å²) in [4.78, 5) is 16.9. The first kappa shape index (κ1) is 17.5. The summed E-state index contributed by atoms with van der Waals surface area (Å²) in [5, 5.41) is 6.25. The fourth-order valence-electron chi connectivity index (χ4n) is 2.59. The monoisotopic (exact) mass is 347 g/mol. The van der Waals surface area contributed by atoms with Gasteiger partial charge in [0.15, 0.2) is 0 Å². The number of anilines is 2. The summed E-state index contributed by atoms with van der Waals surface area (Å²) in [5.74, 6) is 0.429. The van der Waals surface area contributed by atoms with Crippen molar-refractivity contribution in [3.05, 3.63) is 83.6 Å². The Morgan fingerprint density at radius 2 is 1.92 bits per heavy atom. The number of methoxy groups -OCH3 is 1. The van der Waals surface area contributed by atoms with Crippen LogP contribution in [0.4, 0.5) is 11.4 Å². The number of carbonyl (C=O) groups excluding carboxylic acids is 1. The van der Waals surface area contributed by atoms with Crippen LogP contribution in [0.1, 0.15) is 21.5 Å². The molecule has 1 aromatic heterocycles. The van der Waals surface area contributed by atoms with Crippen LogP contribution in [0.5, 0.6) is 5.88 Å². The van der Waals surface area contributed by atoms with Gasteiger partial charge in [-0.05, 0) is 42.3 Å². The molecule has 2 aromatic carbocycles. The number of amides is 1. The number of aromatic nitrogens is 1. The van der Waals surface area contributed by atoms with Gasteiger partial charge in [0.2, 0.25) is 5.88 Å². The molecule has 26 heavy (non-hydrogen) atoms. The lowest BCUT2D eigenvalue weighted by molar-refractivity contribution is 0.102. The topological polar surface area (TPSA) is 63.2 Å². The smallest absolute Gasteiger partial charge is 0.257 e. The van der Waals surface area contributed by atoms with Crippen LogP contribution in [-0.2, 0) is 6.54 Å². The molecule has 0 radical (unpaired) electrons. The van der Waals surface area contributed by atoms with Gasteiger partial charge in [0.05, 0.1) is 12.7 Å². The number of carbonyl (C=O) groups is 1. The maximum Gasteiger partial charge on any atom is 0.257 e. The Morgan fingerprint density at radius 1 is 1.08 bits per heavy atom. The molecular weight excluding hydrogens is 326 g/mol. The van der Waals surface area contributed by atoms with Crippen molar-refractivity contribution in [3.8, 4) is 5.88 Å². The molecule has 0 fully saturated rings. The molecule has 0 saturated heterocycles. The molecule has 0 spiro atoms. The lowest BCUT2D eigenvalue weighted by Gasteiger charge is -2.13. The number of pyridine rings is 1. The predicted octanol–water partition coefficient (Wildman–Crippen LogP) is 4.26. The van der Waals surface area contributed by atoms with Gasteiger partial charge in [0.25, 0.3) is 5.91 Å². The van der Waals surface area contributed by atoms with Gasteiger partial charge in [-0.2, -0.15) is 0 Å². The van der Waals surface area contributed by atoms with E-state index in [1.807, 2.05) is 61.5 Å². The largest absolute Gasteiger partial charge is 0.481 e. The Labute approximate surface area is 153 Å². The fraction of sp³-hybridized carbons (Fsp3) is 0.143. The minimum atomic E-state index is -0.147. The summed E-state index contributed by atoms with van der Waals surface area (Å²) in [6, 6.07) is 18.9. The first-order valence-electron chi connectivity index (χ1n) is 8.35. The Morgan fingerprint density at radius 3 is 2.65 bits per heavy atom. The summed E-state index contributed by atoms with van der Waals surface area (Å²) >= 11 is 0. The minimum Gasteiger partial charge on any atom is -0.481 e. The molecule has 0 aliphatic heterocycles. The molecule has 1 amide bonds. The number of hydrogen-bond acceptors (Lipinski definition) is 4. The molecule has 1 heterocycles. The van der Waals surface area contributed by atoms with E-state index in [9.17, 15) is 4.79 Å². The highest BCUT2D eigenvalue weighted by Crippen LogP contribution is 2.19. The number of nitrogens with zero attached hydrogens (tertiary/aromatic N) is 1. The van der Waals surface area contributed by atoms with E-state index in [1.54, 1.807) is 19.4 Å². The van der Waals surface area contributed by atoms with Gasteiger partial charge in [0.1, 0.15) is 0 Å². The van der Waals surface area contributed by atoms with Gasteiger partial charge in [-0.1, -0.05) is 30.3 Å². The van der Waals surface area contributed by atoms with Crippen LogP contribution in [-0.4, -0.2) is 18.0 Å². The molecule has 5 nitrogen and oxygen atoms in total. The van der Waals surface area contributed by atoms with Gasteiger partial charge >= 0.3 is 0 Å². The zero-order valence-corrected chi connectivity index (χ0v) is 14.8. The van der Waals surface area contributed by atoms with E-state index in [1.165, 1.54) is 0 Å². The zero-order chi connectivity index (χ0) is 18.4. The van der Waals surface area contributed by atoms with Crippen LogP contribution in [0.25, 0.3) is 0 Å². The Balaban J connectivity index is 1.71. The third-order valence-electron chi connectivity index (χ3n) is 3.94. The number of aryl methyl sites for hydroxylation is 1. The van der Waals surface area contributed by atoms with Crippen molar-refractivity contribution in [2.75, 3.05) is 17.7 Å². The highest BCUT2D eigenvalue weighted by atomic mass is 16.5. The van der Waals surface area contributed by atoms with E-state index in [2.05, 4.69) is 15.6 Å². The number of nitrogens with one attached hydrogen (secondary N) is 2. The molecule has 0 unspecified atom stereocenters. The first-order valence-corrected chi connectivity index (χ1v) is 8.35. The molecule has 0 saturated carbocycles. The van der Waals surface area contributed by atoms with Crippen LogP contribution in [0.3, 0.4) is 0 Å². The zero-order valence-electron chi connectivity index (χ0n) is 14.8. The summed E-state index contributed by atoms with van der Waals surface area (Å²) in [5.41, 5.74) is 4.24. The van der Waals surface area contributed by atoms with Crippen LogP contribution in [0.2, 0.25) is 0 Å². The molecule has 2 N–H and O–H groups in total. The second kappa shape index (κ2) is 8.16. The lowest BCUT2D eigenvalue weighted by atomic mass is 10.1. The predicted molar refractivity (Wildman–Crippen MR) is 104 cm³/mol. The van der Waals surface area contributed by atoms with Crippen molar-refractivity contribution >= 4 is 17.3 Å². The second-order valence-corrected chi connectivity index (χ2v) is 5.93. The standard InChI is InChI=1S/C21H21N3O2/c1-15-6-5-7-17(12-15)24-21(25)18-8-3-4-9-19(18)22-13-16-10-11-20(26-2)23-14-16/h3-12,14,22H,13H2,1-2H3,(H,24,25). The fourth-order valence-corrected chi connectivity index (χ4v) is 2.59. The van der Waals surface area contributed by atoms with Crippen molar-refractivity contribution in [1.29, 1.82) is 0 Å². The maximum absolute atomic E-state index is 12.7. The molecule has 5 heteroatoms. The Kier molecular flexibility index (Phi) is 5.49. The molecule has 132 valence electrons. The van der Waals surface area contributed by atoms with Gasteiger partial charge < -0.3 is 15.4 Å². The third kappa shape index (κ3) is 4.39. The van der Waals surface area contributed by atoms with E-state index in [-0.39, 0.29) is 5.91 Å². The van der Waals surface area contributed by atoms with E-state index < -0.39 is 0 Å². The maximum atomic E-state index is 12.7. The van der Waals surface area contributed by atoms with Gasteiger partial charge in [-0.25, -0.2) is 4.98 Å². The van der Waals surface area contributed by atoms with Gasteiger partial charge in [0, 0.05) is 30.2 Å². The molecular formula is C21H21N3O2. The number of ether oxygens (including phenoxy) is 1. The van der Waals surface area contributed by atoms with E-state index in [4.69, 9.17) is 4.74 Å². The van der Waals surface area contributed by atoms with Crippen LogP contribution >= 0.6 is 0 Å². The summed E-state index contributed by atoms with van der Waals surface area (Å²) in [6.07, 6.45) is 1.75. The highest BCUT2D eigenvalue weighted by Gasteiger charge is 2.11. The van der Waals surface area contributed by atoms with Gasteiger partial charge in [-0.3, -0.25) is 4.79 Å². The van der Waals surface area contributed by atoms with E-state index >= 15 is 0 Å². The third-order valence-corrected chi connectivity index (χ3v) is 3.94. The Bertz CT molecular complexity index is 892. The van der Waals surface area contributed by atoms with Crippen LogP contribution < -0.4 is 15.4 Å².